The van der Waals surface area contributed by atoms with Gasteiger partial charge in [0.2, 0.25) is 0 Å². The van der Waals surface area contributed by atoms with Gasteiger partial charge in [-0.05, 0) is 65.7 Å². The van der Waals surface area contributed by atoms with Crippen LogP contribution in [-0.2, 0) is 0 Å². The summed E-state index contributed by atoms with van der Waals surface area (Å²) in [6, 6.07) is 21.9. The highest BCUT2D eigenvalue weighted by Gasteiger charge is 2.01. The summed E-state index contributed by atoms with van der Waals surface area (Å²) in [6.07, 6.45) is 5.02. The van der Waals surface area contributed by atoms with Crippen LogP contribution in [0.25, 0.3) is 6.08 Å². The van der Waals surface area contributed by atoms with Crippen molar-refractivity contribution >= 4 is 47.0 Å². The Morgan fingerprint density at radius 1 is 0.808 bits per heavy atom. The molecule has 0 aliphatic carbocycles. The normalized spacial score (nSPS) is 11.3. The molecular formula is C22H15Cl2NO. The van der Waals surface area contributed by atoms with E-state index in [0.717, 1.165) is 16.8 Å². The van der Waals surface area contributed by atoms with Gasteiger partial charge in [-0.15, -0.1) is 0 Å². The van der Waals surface area contributed by atoms with Crippen LogP contribution in [0.4, 0.5) is 5.69 Å². The van der Waals surface area contributed by atoms with Crippen molar-refractivity contribution in [2.75, 3.05) is 0 Å². The minimum atomic E-state index is -0.0738. The van der Waals surface area contributed by atoms with Gasteiger partial charge in [0, 0.05) is 21.8 Å². The number of benzene rings is 3. The molecule has 0 unspecified atom stereocenters. The van der Waals surface area contributed by atoms with Crippen molar-refractivity contribution in [3.63, 3.8) is 0 Å². The lowest BCUT2D eigenvalue weighted by Gasteiger charge is -1.99. The van der Waals surface area contributed by atoms with E-state index in [1.54, 1.807) is 36.6 Å². The van der Waals surface area contributed by atoms with E-state index in [2.05, 4.69) is 4.99 Å². The van der Waals surface area contributed by atoms with Crippen LogP contribution >= 0.6 is 23.2 Å². The Bertz CT molecular complexity index is 975. The highest BCUT2D eigenvalue weighted by Crippen LogP contribution is 2.16. The largest absolute Gasteiger partial charge is 0.289 e. The molecule has 0 aliphatic rings. The number of allylic oxidation sites excluding steroid dienone is 1. The number of hydrogen-bond donors (Lipinski definition) is 0. The fourth-order valence-electron chi connectivity index (χ4n) is 2.33. The second-order valence-electron chi connectivity index (χ2n) is 5.61. The summed E-state index contributed by atoms with van der Waals surface area (Å²) in [6.45, 7) is 0. The van der Waals surface area contributed by atoms with Crippen LogP contribution in [0, 0.1) is 0 Å². The molecule has 4 heteroatoms. The maximum atomic E-state index is 12.3. The smallest absolute Gasteiger partial charge is 0.185 e. The molecule has 0 heterocycles. The van der Waals surface area contributed by atoms with E-state index < -0.39 is 0 Å². The second-order valence-corrected chi connectivity index (χ2v) is 6.49. The van der Waals surface area contributed by atoms with Gasteiger partial charge in [-0.1, -0.05) is 53.5 Å². The molecule has 0 spiro atoms. The van der Waals surface area contributed by atoms with Crippen molar-refractivity contribution in [3.8, 4) is 0 Å². The van der Waals surface area contributed by atoms with E-state index in [1.807, 2.05) is 48.5 Å². The van der Waals surface area contributed by atoms with Gasteiger partial charge in [-0.2, -0.15) is 0 Å². The number of carbonyl (C=O) groups excluding carboxylic acids is 1. The van der Waals surface area contributed by atoms with Crippen molar-refractivity contribution < 1.29 is 4.79 Å². The lowest BCUT2D eigenvalue weighted by molar-refractivity contribution is 0.104. The molecular weight excluding hydrogens is 365 g/mol. The zero-order chi connectivity index (χ0) is 18.4. The molecule has 0 radical (unpaired) electrons. The Kier molecular flexibility index (Phi) is 6.00. The van der Waals surface area contributed by atoms with Crippen LogP contribution in [0.1, 0.15) is 21.5 Å². The first-order valence-electron chi connectivity index (χ1n) is 7.98. The number of carbonyl (C=O) groups is 1. The van der Waals surface area contributed by atoms with E-state index in [1.165, 1.54) is 6.08 Å². The molecule has 0 aliphatic heterocycles. The lowest BCUT2D eigenvalue weighted by atomic mass is 10.1. The third-order valence-corrected chi connectivity index (χ3v) is 4.11. The van der Waals surface area contributed by atoms with E-state index in [4.69, 9.17) is 23.2 Å². The van der Waals surface area contributed by atoms with Crippen molar-refractivity contribution in [1.29, 1.82) is 0 Å². The van der Waals surface area contributed by atoms with Gasteiger partial charge in [0.15, 0.2) is 5.78 Å². The van der Waals surface area contributed by atoms with Gasteiger partial charge < -0.3 is 0 Å². The Morgan fingerprint density at radius 3 is 2.08 bits per heavy atom. The van der Waals surface area contributed by atoms with Crippen LogP contribution < -0.4 is 0 Å². The molecule has 3 aromatic carbocycles. The number of rotatable bonds is 5. The number of ketones is 1. The molecule has 3 rings (SSSR count). The summed E-state index contributed by atoms with van der Waals surface area (Å²) in [5, 5.41) is 1.31. The van der Waals surface area contributed by atoms with Crippen LogP contribution in [-0.4, -0.2) is 12.0 Å². The Balaban J connectivity index is 1.68. The molecule has 0 amide bonds. The predicted octanol–water partition coefficient (Wildman–Crippen LogP) is 6.64. The van der Waals surface area contributed by atoms with Crippen LogP contribution in [0.2, 0.25) is 10.0 Å². The van der Waals surface area contributed by atoms with Crippen LogP contribution in [0.5, 0.6) is 0 Å². The molecule has 0 N–H and O–H groups in total. The summed E-state index contributed by atoms with van der Waals surface area (Å²) in [5.74, 6) is -0.0738. The fourth-order valence-corrected chi connectivity index (χ4v) is 2.72. The maximum Gasteiger partial charge on any atom is 0.185 e. The molecule has 0 aromatic heterocycles. The van der Waals surface area contributed by atoms with E-state index >= 15 is 0 Å². The highest BCUT2D eigenvalue weighted by atomic mass is 35.5. The molecule has 0 fully saturated rings. The van der Waals surface area contributed by atoms with Crippen molar-refractivity contribution in [2.45, 2.75) is 0 Å². The molecule has 128 valence electrons. The minimum absolute atomic E-state index is 0.0738. The minimum Gasteiger partial charge on any atom is -0.289 e. The van der Waals surface area contributed by atoms with Gasteiger partial charge in [-0.25, -0.2) is 0 Å². The average molecular weight is 380 g/mol. The highest BCUT2D eigenvalue weighted by molar-refractivity contribution is 6.31. The monoisotopic (exact) mass is 379 g/mol. The van der Waals surface area contributed by atoms with Crippen molar-refractivity contribution in [1.82, 2.24) is 0 Å². The van der Waals surface area contributed by atoms with Gasteiger partial charge in [0.1, 0.15) is 0 Å². The lowest BCUT2D eigenvalue weighted by Crippen LogP contribution is -1.93. The van der Waals surface area contributed by atoms with Crippen molar-refractivity contribution in [3.05, 3.63) is 106 Å². The topological polar surface area (TPSA) is 29.4 Å². The first-order chi connectivity index (χ1) is 12.6. The Labute approximate surface area is 162 Å². The Hall–Kier alpha value is -2.68. The number of hydrogen-bond acceptors (Lipinski definition) is 2. The molecule has 26 heavy (non-hydrogen) atoms. The average Bonchev–Trinajstić information content (AvgIpc) is 2.65. The van der Waals surface area contributed by atoms with E-state index in [-0.39, 0.29) is 5.78 Å². The van der Waals surface area contributed by atoms with E-state index in [0.29, 0.717) is 15.6 Å². The Morgan fingerprint density at radius 2 is 1.42 bits per heavy atom. The first-order valence-corrected chi connectivity index (χ1v) is 8.73. The molecule has 3 aromatic rings. The fraction of sp³-hybridized carbons (Fsp3) is 0. The first kappa shape index (κ1) is 18.1. The van der Waals surface area contributed by atoms with Crippen LogP contribution in [0.3, 0.4) is 0 Å². The zero-order valence-corrected chi connectivity index (χ0v) is 15.3. The van der Waals surface area contributed by atoms with Crippen LogP contribution in [0.15, 0.2) is 83.9 Å². The quantitative estimate of drug-likeness (QED) is 0.277. The molecule has 0 bridgehead atoms. The van der Waals surface area contributed by atoms with Gasteiger partial charge in [0.25, 0.3) is 0 Å². The standard InChI is InChI=1S/C22H15Cl2NO/c23-19-5-1-3-16(13-19)7-12-22(26)18-8-10-21(11-9-18)25-15-17-4-2-6-20(24)14-17/h1-15H/b12-7+,25-15?. The van der Waals surface area contributed by atoms with E-state index in [9.17, 15) is 4.79 Å². The molecule has 0 saturated carbocycles. The summed E-state index contributed by atoms with van der Waals surface area (Å²) in [7, 11) is 0. The molecule has 2 nitrogen and oxygen atoms in total. The van der Waals surface area contributed by atoms with Gasteiger partial charge in [-0.3, -0.25) is 9.79 Å². The van der Waals surface area contributed by atoms with Gasteiger partial charge >= 0.3 is 0 Å². The third-order valence-electron chi connectivity index (χ3n) is 3.64. The summed E-state index contributed by atoms with van der Waals surface area (Å²) >= 11 is 11.9. The number of aliphatic imine (C=N–C) groups is 1. The summed E-state index contributed by atoms with van der Waals surface area (Å²) < 4.78 is 0. The molecule has 0 atom stereocenters. The predicted molar refractivity (Wildman–Crippen MR) is 110 cm³/mol. The van der Waals surface area contributed by atoms with Gasteiger partial charge in [0.05, 0.1) is 5.69 Å². The SMILES string of the molecule is O=C(/C=C/c1cccc(Cl)c1)c1ccc(N=Cc2cccc(Cl)c2)cc1. The third kappa shape index (κ3) is 5.16. The van der Waals surface area contributed by atoms with Crippen molar-refractivity contribution in [2.24, 2.45) is 4.99 Å². The number of halogens is 2. The maximum absolute atomic E-state index is 12.3. The second kappa shape index (κ2) is 8.61. The summed E-state index contributed by atoms with van der Waals surface area (Å²) in [5.41, 5.74) is 3.17. The number of nitrogens with zero attached hydrogens (tertiary/aromatic N) is 1. The summed E-state index contributed by atoms with van der Waals surface area (Å²) in [4.78, 5) is 16.7. The molecule has 0 saturated heterocycles. The zero-order valence-electron chi connectivity index (χ0n) is 13.8.